The highest BCUT2D eigenvalue weighted by molar-refractivity contribution is 5.62. The fourth-order valence-electron chi connectivity index (χ4n) is 1.49. The van der Waals surface area contributed by atoms with Gasteiger partial charge in [-0.2, -0.15) is 48.3 Å². The smallest absolute Gasteiger partial charge is 0.430 e. The second-order valence-electron chi connectivity index (χ2n) is 5.08. The Kier molecular flexibility index (Phi) is 6.21. The predicted molar refractivity (Wildman–Crippen MR) is 59.4 cm³/mol. The van der Waals surface area contributed by atoms with E-state index in [0.717, 1.165) is 0 Å². The van der Waals surface area contributed by atoms with Crippen LogP contribution < -0.4 is 0 Å². The number of cyclic esters (lactones) is 2. The summed E-state index contributed by atoms with van der Waals surface area (Å²) < 4.78 is 155. The maximum Gasteiger partial charge on any atom is 0.508 e. The summed E-state index contributed by atoms with van der Waals surface area (Å²) in [4.78, 5) is 21.4. The Hall–Kier alpha value is -2.23. The maximum atomic E-state index is 13.2. The number of carbonyl (C=O) groups excluding carboxylic acids is 2. The van der Waals surface area contributed by atoms with Crippen LogP contribution in [0, 0.1) is 0 Å². The number of alkyl halides is 11. The number of hydrogen-bond donors (Lipinski definition) is 0. The van der Waals surface area contributed by atoms with E-state index >= 15 is 0 Å². The van der Waals surface area contributed by atoms with Gasteiger partial charge in [0.05, 0.1) is 0 Å². The quantitative estimate of drug-likeness (QED) is 0.440. The molecule has 17 heteroatoms. The molecule has 0 bridgehead atoms. The lowest BCUT2D eigenvalue weighted by Crippen LogP contribution is -2.67. The van der Waals surface area contributed by atoms with Crippen LogP contribution in [0.25, 0.3) is 0 Å². The Morgan fingerprint density at radius 1 is 0.893 bits per heavy atom. The summed E-state index contributed by atoms with van der Waals surface area (Å²) in [5.41, 5.74) is 0. The summed E-state index contributed by atoms with van der Waals surface area (Å²) in [6, 6.07) is 0. The molecule has 0 aromatic rings. The minimum atomic E-state index is -7.61. The van der Waals surface area contributed by atoms with Crippen LogP contribution in [-0.2, 0) is 18.9 Å². The predicted octanol–water partition coefficient (Wildman–Crippen LogP) is 3.78. The molecule has 1 unspecified atom stereocenters. The van der Waals surface area contributed by atoms with Gasteiger partial charge in [-0.25, -0.2) is 9.59 Å². The zero-order valence-electron chi connectivity index (χ0n) is 12.8. The van der Waals surface area contributed by atoms with Crippen LogP contribution in [0.1, 0.15) is 0 Å². The molecule has 0 aromatic heterocycles. The molecule has 0 saturated carbocycles. The van der Waals surface area contributed by atoms with E-state index in [2.05, 4.69) is 18.9 Å². The van der Waals surface area contributed by atoms with Crippen molar-refractivity contribution < 1.29 is 76.8 Å². The van der Waals surface area contributed by atoms with Crippen LogP contribution in [0.15, 0.2) is 0 Å². The largest absolute Gasteiger partial charge is 0.508 e. The highest BCUT2D eigenvalue weighted by Crippen LogP contribution is 2.57. The monoisotopic (exact) mass is 444 g/mol. The molecule has 0 N–H and O–H groups in total. The van der Waals surface area contributed by atoms with Crippen LogP contribution >= 0.6 is 0 Å². The number of rotatable bonds is 7. The molecule has 0 aliphatic carbocycles. The van der Waals surface area contributed by atoms with E-state index in [-0.39, 0.29) is 0 Å². The van der Waals surface area contributed by atoms with E-state index in [9.17, 15) is 57.9 Å². The molecule has 1 aliphatic heterocycles. The molecule has 164 valence electrons. The van der Waals surface area contributed by atoms with Gasteiger partial charge >= 0.3 is 42.2 Å². The first-order valence-corrected chi connectivity index (χ1v) is 6.58. The summed E-state index contributed by atoms with van der Waals surface area (Å²) in [6.07, 6.45) is -12.0. The molecular weight excluding hydrogens is 437 g/mol. The fourth-order valence-corrected chi connectivity index (χ4v) is 1.49. The zero-order chi connectivity index (χ0) is 22.2. The molecule has 1 heterocycles. The highest BCUT2D eigenvalue weighted by Gasteiger charge is 2.87. The lowest BCUT2D eigenvalue weighted by atomic mass is 9.98. The fraction of sp³-hybridized carbons (Fsp3) is 0.818. The highest BCUT2D eigenvalue weighted by atomic mass is 19.4. The molecule has 1 saturated heterocycles. The average molecular weight is 444 g/mol. The van der Waals surface area contributed by atoms with Crippen molar-refractivity contribution in [1.29, 1.82) is 0 Å². The van der Waals surface area contributed by atoms with E-state index in [4.69, 9.17) is 0 Å². The van der Waals surface area contributed by atoms with Crippen LogP contribution in [-0.4, -0.2) is 68.1 Å². The number of ether oxygens (including phenoxy) is 4. The van der Waals surface area contributed by atoms with Crippen molar-refractivity contribution in [3.05, 3.63) is 0 Å². The van der Waals surface area contributed by atoms with Crippen molar-refractivity contribution in [3.63, 3.8) is 0 Å². The lowest BCUT2D eigenvalue weighted by molar-refractivity contribution is -0.423. The Morgan fingerprint density at radius 2 is 1.43 bits per heavy atom. The van der Waals surface area contributed by atoms with Gasteiger partial charge in [0.2, 0.25) is 0 Å². The molecule has 1 aliphatic rings. The molecule has 1 atom stereocenters. The Bertz CT molecular complexity index is 602. The van der Waals surface area contributed by atoms with Gasteiger partial charge in [0.25, 0.3) is 0 Å². The second kappa shape index (κ2) is 7.31. The summed E-state index contributed by atoms with van der Waals surface area (Å²) in [5.74, 6) is -28.8. The lowest BCUT2D eigenvalue weighted by Gasteiger charge is -2.36. The Morgan fingerprint density at radius 3 is 1.86 bits per heavy atom. The zero-order valence-corrected chi connectivity index (χ0v) is 12.8. The molecular formula is C11H7F11O6. The van der Waals surface area contributed by atoms with Gasteiger partial charge in [-0.15, -0.1) is 0 Å². The van der Waals surface area contributed by atoms with Gasteiger partial charge in [0.15, 0.2) is 12.7 Å². The molecule has 28 heavy (non-hydrogen) atoms. The summed E-state index contributed by atoms with van der Waals surface area (Å²) >= 11 is 0. The average Bonchev–Trinajstić information content (AvgIpc) is 2.94. The van der Waals surface area contributed by atoms with Crippen LogP contribution in [0.5, 0.6) is 0 Å². The third-order valence-electron chi connectivity index (χ3n) is 3.01. The first-order valence-electron chi connectivity index (χ1n) is 6.58. The first kappa shape index (κ1) is 23.8. The normalized spacial score (nSPS) is 19.1. The molecule has 6 nitrogen and oxygen atoms in total. The number of hydrogen-bond acceptors (Lipinski definition) is 6. The number of halogens is 11. The minimum absolute atomic E-state index is 0.473. The summed E-state index contributed by atoms with van der Waals surface area (Å²) in [7, 11) is 0. The molecule has 1 fully saturated rings. The topological polar surface area (TPSA) is 71.1 Å². The van der Waals surface area contributed by atoms with Crippen molar-refractivity contribution in [2.45, 2.75) is 36.0 Å². The molecule has 0 spiro atoms. The van der Waals surface area contributed by atoms with E-state index in [0.29, 0.717) is 0 Å². The van der Waals surface area contributed by atoms with E-state index in [1.54, 1.807) is 0 Å². The van der Waals surface area contributed by atoms with Crippen molar-refractivity contribution in [2.75, 3.05) is 19.8 Å². The van der Waals surface area contributed by atoms with Gasteiger partial charge in [0, 0.05) is 0 Å². The number of carbonyl (C=O) groups is 2. The van der Waals surface area contributed by atoms with Crippen molar-refractivity contribution >= 4 is 12.3 Å². The van der Waals surface area contributed by atoms with Crippen molar-refractivity contribution in [1.82, 2.24) is 0 Å². The van der Waals surface area contributed by atoms with E-state index in [1.165, 1.54) is 0 Å². The summed E-state index contributed by atoms with van der Waals surface area (Å²) in [6.45, 7) is -4.43. The van der Waals surface area contributed by atoms with E-state index in [1.807, 2.05) is 0 Å². The molecule has 1 rings (SSSR count). The Labute approximate surface area is 146 Å². The maximum absolute atomic E-state index is 13.2. The third-order valence-corrected chi connectivity index (χ3v) is 3.01. The molecule has 0 radical (unpaired) electrons. The molecule has 0 aromatic carbocycles. The van der Waals surface area contributed by atoms with Crippen LogP contribution in [0.3, 0.4) is 0 Å². The standard InChI is InChI=1S/C11H7F11O6/c12-7(13,3-27-5(23)25-1-4-2-26-6(24)28-4)8(14,15)9(16,17)10(18,19)11(20,21)22/h4H,1-3H2. The van der Waals surface area contributed by atoms with Gasteiger partial charge in [-0.1, -0.05) is 0 Å². The van der Waals surface area contributed by atoms with Gasteiger partial charge in [-0.3, -0.25) is 0 Å². The first-order chi connectivity index (χ1) is 12.4. The van der Waals surface area contributed by atoms with Gasteiger partial charge in [0.1, 0.15) is 13.2 Å². The van der Waals surface area contributed by atoms with Gasteiger partial charge in [-0.05, 0) is 0 Å². The SMILES string of the molecule is O=C(OCC1COC(=O)O1)OCC(F)(F)C(F)(F)C(F)(F)C(F)(F)C(F)(F)F. The minimum Gasteiger partial charge on any atom is -0.430 e. The van der Waals surface area contributed by atoms with Gasteiger partial charge < -0.3 is 18.9 Å². The molecule has 0 amide bonds. The van der Waals surface area contributed by atoms with E-state index < -0.39 is 68.1 Å². The summed E-state index contributed by atoms with van der Waals surface area (Å²) in [5, 5.41) is 0. The van der Waals surface area contributed by atoms with Crippen LogP contribution in [0.2, 0.25) is 0 Å². The van der Waals surface area contributed by atoms with Crippen molar-refractivity contribution in [2.24, 2.45) is 0 Å². The Balaban J connectivity index is 2.78. The van der Waals surface area contributed by atoms with Crippen molar-refractivity contribution in [3.8, 4) is 0 Å². The third kappa shape index (κ3) is 4.26. The van der Waals surface area contributed by atoms with Crippen LogP contribution in [0.4, 0.5) is 57.9 Å². The second-order valence-corrected chi connectivity index (χ2v) is 5.08.